The van der Waals surface area contributed by atoms with Crippen LogP contribution < -0.4 is 16.6 Å². The van der Waals surface area contributed by atoms with Gasteiger partial charge in [0, 0.05) is 19.2 Å². The number of guanidine groups is 1. The molecule has 0 amide bonds. The summed E-state index contributed by atoms with van der Waals surface area (Å²) in [4.78, 5) is 6.81. The second kappa shape index (κ2) is 7.47. The minimum atomic E-state index is 0.191. The van der Waals surface area contributed by atoms with Crippen LogP contribution in [0, 0.1) is 0 Å². The van der Waals surface area contributed by atoms with Gasteiger partial charge in [-0.25, -0.2) is 5.84 Å². The molecule has 2 unspecified atom stereocenters. The van der Waals surface area contributed by atoms with Crippen LogP contribution in [0.25, 0.3) is 0 Å². The van der Waals surface area contributed by atoms with Gasteiger partial charge in [-0.05, 0) is 33.4 Å². The molecule has 1 fully saturated rings. The third kappa shape index (κ3) is 4.89. The molecule has 1 rings (SSSR count). The molecular weight excluding hydrogens is 218 g/mol. The molecule has 6 heteroatoms. The van der Waals surface area contributed by atoms with Crippen LogP contribution in [0.15, 0.2) is 4.99 Å². The lowest BCUT2D eigenvalue weighted by Crippen LogP contribution is -2.47. The number of rotatable bonds is 5. The number of nitrogens with two attached hydrogens (primary N) is 1. The minimum absolute atomic E-state index is 0.191. The van der Waals surface area contributed by atoms with Gasteiger partial charge in [0.1, 0.15) is 0 Å². The van der Waals surface area contributed by atoms with Crippen molar-refractivity contribution in [1.29, 1.82) is 0 Å². The zero-order valence-corrected chi connectivity index (χ0v) is 11.1. The maximum atomic E-state index is 5.44. The minimum Gasteiger partial charge on any atom is -0.383 e. The van der Waals surface area contributed by atoms with E-state index in [0.717, 1.165) is 6.54 Å². The molecule has 0 radical (unpaired) electrons. The van der Waals surface area contributed by atoms with Crippen LogP contribution in [0.1, 0.15) is 19.8 Å². The largest absolute Gasteiger partial charge is 0.383 e. The first-order valence-corrected chi connectivity index (χ1v) is 6.14. The Labute approximate surface area is 104 Å². The van der Waals surface area contributed by atoms with Gasteiger partial charge in [0.2, 0.25) is 5.96 Å². The van der Waals surface area contributed by atoms with Gasteiger partial charge in [-0.1, -0.05) is 0 Å². The number of methoxy groups -OCH3 is 1. The van der Waals surface area contributed by atoms with Gasteiger partial charge in [-0.15, -0.1) is 0 Å². The van der Waals surface area contributed by atoms with Crippen LogP contribution in [0.2, 0.25) is 0 Å². The molecule has 17 heavy (non-hydrogen) atoms. The van der Waals surface area contributed by atoms with Crippen molar-refractivity contribution >= 4 is 5.96 Å². The van der Waals surface area contributed by atoms with Gasteiger partial charge >= 0.3 is 0 Å². The van der Waals surface area contributed by atoms with E-state index in [4.69, 9.17) is 10.6 Å². The van der Waals surface area contributed by atoms with Gasteiger partial charge in [-0.3, -0.25) is 10.4 Å². The average Bonchev–Trinajstić information content (AvgIpc) is 2.70. The molecule has 1 aliphatic heterocycles. The summed E-state index contributed by atoms with van der Waals surface area (Å²) in [6, 6.07) is 0.731. The number of likely N-dealkylation sites (tertiary alicyclic amines) is 1. The summed E-state index contributed by atoms with van der Waals surface area (Å²) in [7, 11) is 3.82. The fourth-order valence-electron chi connectivity index (χ4n) is 2.06. The third-order valence-electron chi connectivity index (χ3n) is 3.07. The number of hydrogen-bond donors (Lipinski definition) is 3. The summed E-state index contributed by atoms with van der Waals surface area (Å²) in [5.74, 6) is 6.07. The Hall–Kier alpha value is -0.850. The van der Waals surface area contributed by atoms with Crippen LogP contribution in [-0.4, -0.2) is 56.8 Å². The summed E-state index contributed by atoms with van der Waals surface area (Å²) in [6.07, 6.45) is 2.47. The van der Waals surface area contributed by atoms with Crippen molar-refractivity contribution in [2.75, 3.05) is 33.9 Å². The van der Waals surface area contributed by atoms with Crippen LogP contribution in [-0.2, 0) is 4.74 Å². The predicted molar refractivity (Wildman–Crippen MR) is 69.8 cm³/mol. The number of ether oxygens (including phenoxy) is 1. The zero-order chi connectivity index (χ0) is 12.7. The zero-order valence-electron chi connectivity index (χ0n) is 11.1. The molecule has 0 aliphatic carbocycles. The van der Waals surface area contributed by atoms with E-state index in [9.17, 15) is 0 Å². The average molecular weight is 243 g/mol. The van der Waals surface area contributed by atoms with Crippen LogP contribution in [0.4, 0.5) is 0 Å². The van der Waals surface area contributed by atoms with Crippen LogP contribution in [0.5, 0.6) is 0 Å². The van der Waals surface area contributed by atoms with Crippen molar-refractivity contribution < 1.29 is 4.74 Å². The number of hydrazine groups is 1. The van der Waals surface area contributed by atoms with E-state index < -0.39 is 0 Å². The molecule has 0 spiro atoms. The highest BCUT2D eigenvalue weighted by atomic mass is 16.5. The monoisotopic (exact) mass is 243 g/mol. The van der Waals surface area contributed by atoms with E-state index in [2.05, 4.69) is 27.7 Å². The van der Waals surface area contributed by atoms with Gasteiger partial charge in [0.05, 0.1) is 13.2 Å². The van der Waals surface area contributed by atoms with Gasteiger partial charge in [0.25, 0.3) is 0 Å². The molecule has 100 valence electrons. The second-order valence-electron chi connectivity index (χ2n) is 4.61. The summed E-state index contributed by atoms with van der Waals surface area (Å²) in [5, 5.41) is 3.18. The van der Waals surface area contributed by atoms with Crippen LogP contribution in [0.3, 0.4) is 0 Å². The SMILES string of the molecule is COCC(C)NC(=NCC1CCCN1C)NN. The van der Waals surface area contributed by atoms with Gasteiger partial charge < -0.3 is 15.0 Å². The molecule has 0 saturated carbocycles. The highest BCUT2D eigenvalue weighted by molar-refractivity contribution is 5.79. The van der Waals surface area contributed by atoms with E-state index in [1.54, 1.807) is 7.11 Å². The van der Waals surface area contributed by atoms with E-state index >= 15 is 0 Å². The summed E-state index contributed by atoms with van der Waals surface area (Å²) in [5.41, 5.74) is 2.59. The third-order valence-corrected chi connectivity index (χ3v) is 3.07. The lowest BCUT2D eigenvalue weighted by atomic mass is 10.2. The molecule has 1 saturated heterocycles. The normalized spacial score (nSPS) is 23.8. The van der Waals surface area contributed by atoms with Crippen molar-refractivity contribution in [3.05, 3.63) is 0 Å². The highest BCUT2D eigenvalue weighted by Gasteiger charge is 2.20. The number of nitrogens with one attached hydrogen (secondary N) is 2. The number of nitrogens with zero attached hydrogens (tertiary/aromatic N) is 2. The number of aliphatic imine (C=N–C) groups is 1. The van der Waals surface area contributed by atoms with Gasteiger partial charge in [-0.2, -0.15) is 0 Å². The molecule has 0 aromatic heterocycles. The quantitative estimate of drug-likeness (QED) is 0.263. The second-order valence-corrected chi connectivity index (χ2v) is 4.61. The molecule has 2 atom stereocenters. The first kappa shape index (κ1) is 14.2. The van der Waals surface area contributed by atoms with E-state index in [1.165, 1.54) is 19.4 Å². The van der Waals surface area contributed by atoms with E-state index in [-0.39, 0.29) is 6.04 Å². The Kier molecular flexibility index (Phi) is 6.25. The Morgan fingerprint density at radius 1 is 1.65 bits per heavy atom. The first-order valence-electron chi connectivity index (χ1n) is 6.14. The van der Waals surface area contributed by atoms with E-state index in [0.29, 0.717) is 18.6 Å². The van der Waals surface area contributed by atoms with Crippen molar-refractivity contribution in [2.24, 2.45) is 10.8 Å². The molecule has 0 aromatic carbocycles. The summed E-state index contributed by atoms with van der Waals surface area (Å²) >= 11 is 0. The maximum Gasteiger partial charge on any atom is 0.206 e. The fourth-order valence-corrected chi connectivity index (χ4v) is 2.06. The molecular formula is C11H25N5O. The predicted octanol–water partition coefficient (Wildman–Crippen LogP) is -0.476. The number of likely N-dealkylation sites (N-methyl/N-ethyl adjacent to an activating group) is 1. The lowest BCUT2D eigenvalue weighted by molar-refractivity contribution is 0.179. The molecule has 1 aliphatic rings. The Balaban J connectivity index is 2.37. The summed E-state index contributed by atoms with van der Waals surface area (Å²) < 4.78 is 5.05. The Morgan fingerprint density at radius 2 is 2.41 bits per heavy atom. The van der Waals surface area contributed by atoms with Crippen LogP contribution >= 0.6 is 0 Å². The molecule has 1 heterocycles. The Bertz CT molecular complexity index is 246. The highest BCUT2D eigenvalue weighted by Crippen LogP contribution is 2.14. The standard InChI is InChI=1S/C11H25N5O/c1-9(8-17-3)14-11(15-12)13-7-10-5-4-6-16(10)2/h9-10H,4-8,12H2,1-3H3,(H2,13,14,15). The topological polar surface area (TPSA) is 74.9 Å². The van der Waals surface area contributed by atoms with Crippen molar-refractivity contribution in [3.63, 3.8) is 0 Å². The maximum absolute atomic E-state index is 5.44. The molecule has 6 nitrogen and oxygen atoms in total. The lowest BCUT2D eigenvalue weighted by Gasteiger charge is -2.19. The van der Waals surface area contributed by atoms with Gasteiger partial charge in [0.15, 0.2) is 0 Å². The Morgan fingerprint density at radius 3 is 2.94 bits per heavy atom. The summed E-state index contributed by atoms with van der Waals surface area (Å²) in [6.45, 7) is 4.60. The van der Waals surface area contributed by atoms with E-state index in [1.807, 2.05) is 6.92 Å². The molecule has 4 N–H and O–H groups in total. The van der Waals surface area contributed by atoms with Crippen molar-refractivity contribution in [3.8, 4) is 0 Å². The molecule has 0 bridgehead atoms. The fraction of sp³-hybridized carbons (Fsp3) is 0.909. The molecule has 0 aromatic rings. The van der Waals surface area contributed by atoms with Crippen molar-refractivity contribution in [2.45, 2.75) is 31.8 Å². The number of hydrogen-bond acceptors (Lipinski definition) is 4. The smallest absolute Gasteiger partial charge is 0.206 e. The first-order chi connectivity index (χ1) is 8.17. The van der Waals surface area contributed by atoms with Crippen molar-refractivity contribution in [1.82, 2.24) is 15.6 Å².